The number of aromatic nitrogens is 2. The predicted molar refractivity (Wildman–Crippen MR) is 97.9 cm³/mol. The van der Waals surface area contributed by atoms with Gasteiger partial charge in [-0.1, -0.05) is 25.1 Å². The van der Waals surface area contributed by atoms with E-state index in [9.17, 15) is 16.8 Å². The van der Waals surface area contributed by atoms with E-state index in [1.54, 1.807) is 18.2 Å². The third kappa shape index (κ3) is 3.19. The molecule has 0 aliphatic carbocycles. The molecular weight excluding hydrogens is 374 g/mol. The lowest BCUT2D eigenvalue weighted by Crippen LogP contribution is -2.39. The molecule has 1 aromatic carbocycles. The topological polar surface area (TPSA) is 89.3 Å². The van der Waals surface area contributed by atoms with Crippen LogP contribution in [0.4, 0.5) is 0 Å². The smallest absolute Gasteiger partial charge is 0.207 e. The summed E-state index contributed by atoms with van der Waals surface area (Å²) in [6, 6.07) is 7.88. The van der Waals surface area contributed by atoms with Crippen LogP contribution in [-0.2, 0) is 20.0 Å². The fourth-order valence-corrected chi connectivity index (χ4v) is 6.79. The van der Waals surface area contributed by atoms with Crippen LogP contribution < -0.4 is 0 Å². The highest BCUT2D eigenvalue weighted by molar-refractivity contribution is 7.90. The van der Waals surface area contributed by atoms with E-state index in [1.165, 1.54) is 30.3 Å². The number of rotatable bonds is 4. The fraction of sp³-hybridized carbons (Fsp3) is 0.471. The zero-order chi connectivity index (χ0) is 19.1. The molecule has 1 saturated heterocycles. The second kappa shape index (κ2) is 6.79. The van der Waals surface area contributed by atoms with Crippen LogP contribution in [-0.4, -0.2) is 43.4 Å². The second-order valence-electron chi connectivity index (χ2n) is 6.77. The summed E-state index contributed by atoms with van der Waals surface area (Å²) in [5, 5.41) is 4.06. The zero-order valence-corrected chi connectivity index (χ0v) is 16.7. The van der Waals surface area contributed by atoms with Gasteiger partial charge in [0.1, 0.15) is 4.90 Å². The first kappa shape index (κ1) is 19.1. The number of hydrogen-bond acceptors (Lipinski definition) is 5. The lowest BCUT2D eigenvalue weighted by molar-refractivity contribution is 0.281. The van der Waals surface area contributed by atoms with Crippen molar-refractivity contribution in [2.24, 2.45) is 5.92 Å². The van der Waals surface area contributed by atoms with Crippen LogP contribution in [0.1, 0.15) is 31.2 Å². The summed E-state index contributed by atoms with van der Waals surface area (Å²) >= 11 is 0. The molecule has 2 aromatic rings. The standard InChI is InChI=1S/C17H23N3O4S2/c1-13-8-7-11-19(12-13)26(23,24)17-14(2)18-20(15(17)3)25(21,22)16-9-5-4-6-10-16/h4-6,9-10,13H,7-8,11-12H2,1-3H3. The van der Waals surface area contributed by atoms with Gasteiger partial charge in [-0.2, -0.15) is 21.9 Å². The first-order valence-corrected chi connectivity index (χ1v) is 11.4. The Bertz CT molecular complexity index is 1010. The van der Waals surface area contributed by atoms with Crippen LogP contribution in [0.5, 0.6) is 0 Å². The Balaban J connectivity index is 2.09. The van der Waals surface area contributed by atoms with Gasteiger partial charge in [0.25, 0.3) is 10.0 Å². The summed E-state index contributed by atoms with van der Waals surface area (Å²) in [4.78, 5) is 0.0623. The molecule has 1 aromatic heterocycles. The number of nitrogens with zero attached hydrogens (tertiary/aromatic N) is 3. The lowest BCUT2D eigenvalue weighted by Gasteiger charge is -2.30. The van der Waals surface area contributed by atoms with E-state index in [4.69, 9.17) is 0 Å². The molecular formula is C17H23N3O4S2. The van der Waals surface area contributed by atoms with Gasteiger partial charge in [-0.3, -0.25) is 0 Å². The van der Waals surface area contributed by atoms with E-state index < -0.39 is 20.0 Å². The van der Waals surface area contributed by atoms with Gasteiger partial charge in [-0.25, -0.2) is 8.42 Å². The van der Waals surface area contributed by atoms with Gasteiger partial charge < -0.3 is 0 Å². The van der Waals surface area contributed by atoms with E-state index >= 15 is 0 Å². The summed E-state index contributed by atoms with van der Waals surface area (Å²) in [5.74, 6) is 0.280. The van der Waals surface area contributed by atoms with Gasteiger partial charge in [-0.05, 0) is 44.7 Å². The first-order valence-electron chi connectivity index (χ1n) is 8.52. The van der Waals surface area contributed by atoms with Gasteiger partial charge in [0.15, 0.2) is 0 Å². The second-order valence-corrected chi connectivity index (χ2v) is 10.4. The zero-order valence-electron chi connectivity index (χ0n) is 15.1. The quantitative estimate of drug-likeness (QED) is 0.789. The molecule has 2 heterocycles. The molecule has 0 saturated carbocycles. The number of piperidine rings is 1. The van der Waals surface area contributed by atoms with E-state index in [0.29, 0.717) is 13.1 Å². The molecule has 1 fully saturated rings. The van der Waals surface area contributed by atoms with Crippen molar-refractivity contribution in [3.8, 4) is 0 Å². The van der Waals surface area contributed by atoms with E-state index in [1.807, 2.05) is 6.92 Å². The minimum absolute atomic E-state index is 0.00824. The lowest BCUT2D eigenvalue weighted by atomic mass is 10.0. The Hall–Kier alpha value is -1.71. The molecule has 1 unspecified atom stereocenters. The molecule has 0 radical (unpaired) electrons. The normalized spacial score (nSPS) is 19.6. The van der Waals surface area contributed by atoms with E-state index in [2.05, 4.69) is 5.10 Å². The molecule has 0 N–H and O–H groups in total. The molecule has 3 rings (SSSR count). The van der Waals surface area contributed by atoms with E-state index in [0.717, 1.165) is 16.9 Å². The number of benzene rings is 1. The molecule has 1 atom stereocenters. The minimum Gasteiger partial charge on any atom is -0.207 e. The van der Waals surface area contributed by atoms with Crippen LogP contribution in [0, 0.1) is 19.8 Å². The molecule has 0 spiro atoms. The van der Waals surface area contributed by atoms with Crippen molar-refractivity contribution in [3.63, 3.8) is 0 Å². The monoisotopic (exact) mass is 397 g/mol. The molecule has 1 aliphatic heterocycles. The predicted octanol–water partition coefficient (Wildman–Crippen LogP) is 2.16. The summed E-state index contributed by atoms with van der Waals surface area (Å²) < 4.78 is 54.3. The highest BCUT2D eigenvalue weighted by atomic mass is 32.2. The van der Waals surface area contributed by atoms with Crippen molar-refractivity contribution in [1.29, 1.82) is 0 Å². The number of hydrogen-bond donors (Lipinski definition) is 0. The van der Waals surface area contributed by atoms with Crippen LogP contribution in [0.25, 0.3) is 0 Å². The maximum atomic E-state index is 13.1. The van der Waals surface area contributed by atoms with Gasteiger partial charge in [0.05, 0.1) is 16.3 Å². The minimum atomic E-state index is -3.95. The summed E-state index contributed by atoms with van der Waals surface area (Å²) in [6.45, 7) is 5.93. The Morgan fingerprint density at radius 1 is 1.04 bits per heavy atom. The van der Waals surface area contributed by atoms with Crippen molar-refractivity contribution in [1.82, 2.24) is 13.5 Å². The maximum Gasteiger partial charge on any atom is 0.283 e. The van der Waals surface area contributed by atoms with Crippen molar-refractivity contribution in [2.75, 3.05) is 13.1 Å². The highest BCUT2D eigenvalue weighted by Gasteiger charge is 2.35. The van der Waals surface area contributed by atoms with Crippen molar-refractivity contribution < 1.29 is 16.8 Å². The Kier molecular flexibility index (Phi) is 4.98. The maximum absolute atomic E-state index is 13.1. The molecule has 7 nitrogen and oxygen atoms in total. The number of aryl methyl sites for hydroxylation is 1. The van der Waals surface area contributed by atoms with Crippen LogP contribution in [0.3, 0.4) is 0 Å². The fourth-order valence-electron chi connectivity index (χ4n) is 3.40. The van der Waals surface area contributed by atoms with Gasteiger partial charge in [-0.15, -0.1) is 0 Å². The average molecular weight is 398 g/mol. The van der Waals surface area contributed by atoms with E-state index in [-0.39, 0.29) is 27.1 Å². The molecule has 9 heteroatoms. The Morgan fingerprint density at radius 3 is 2.31 bits per heavy atom. The van der Waals surface area contributed by atoms with Crippen LogP contribution in [0.2, 0.25) is 0 Å². The SMILES string of the molecule is Cc1nn(S(=O)(=O)c2ccccc2)c(C)c1S(=O)(=O)N1CCCC(C)C1. The van der Waals surface area contributed by atoms with Crippen molar-refractivity contribution in [2.45, 2.75) is 43.4 Å². The first-order chi connectivity index (χ1) is 12.2. The van der Waals surface area contributed by atoms with Crippen LogP contribution >= 0.6 is 0 Å². The summed E-state index contributed by atoms with van der Waals surface area (Å²) in [6.07, 6.45) is 1.79. The van der Waals surface area contributed by atoms with Gasteiger partial charge >= 0.3 is 0 Å². The molecule has 0 bridgehead atoms. The number of sulfonamides is 1. The van der Waals surface area contributed by atoms with Gasteiger partial charge in [0, 0.05) is 13.1 Å². The van der Waals surface area contributed by atoms with Crippen molar-refractivity contribution >= 4 is 20.0 Å². The average Bonchev–Trinajstić information content (AvgIpc) is 2.91. The summed E-state index contributed by atoms with van der Waals surface area (Å²) in [5.41, 5.74) is 0.310. The molecule has 0 amide bonds. The third-order valence-corrected chi connectivity index (χ3v) is 8.47. The van der Waals surface area contributed by atoms with Crippen molar-refractivity contribution in [3.05, 3.63) is 41.7 Å². The van der Waals surface area contributed by atoms with Crippen LogP contribution in [0.15, 0.2) is 40.1 Å². The Labute approximate surface area is 154 Å². The molecule has 26 heavy (non-hydrogen) atoms. The molecule has 142 valence electrons. The largest absolute Gasteiger partial charge is 0.283 e. The highest BCUT2D eigenvalue weighted by Crippen LogP contribution is 2.29. The molecule has 1 aliphatic rings. The van der Waals surface area contributed by atoms with Gasteiger partial charge in [0.2, 0.25) is 10.0 Å². The summed E-state index contributed by atoms with van der Waals surface area (Å²) in [7, 11) is -7.74. The third-order valence-electron chi connectivity index (χ3n) is 4.67. The Morgan fingerprint density at radius 2 is 1.69 bits per heavy atom.